The van der Waals surface area contributed by atoms with E-state index < -0.39 is 0 Å². The van der Waals surface area contributed by atoms with E-state index in [0.717, 1.165) is 63.1 Å². The molecule has 7 nitrogen and oxygen atoms in total. The molecule has 3 saturated heterocycles. The number of para-hydroxylation sites is 1. The van der Waals surface area contributed by atoms with Crippen LogP contribution in [-0.2, 0) is 12.8 Å². The molecule has 2 unspecified atom stereocenters. The number of anilines is 3. The highest BCUT2D eigenvalue weighted by Gasteiger charge is 2.34. The average molecular weight is 547 g/mol. The van der Waals surface area contributed by atoms with Crippen molar-refractivity contribution in [1.29, 1.82) is 0 Å². The van der Waals surface area contributed by atoms with E-state index in [1.807, 2.05) is 12.1 Å². The molecule has 1 aromatic heterocycles. The van der Waals surface area contributed by atoms with Crippen molar-refractivity contribution in [2.45, 2.75) is 76.4 Å². The van der Waals surface area contributed by atoms with Crippen LogP contribution in [0.3, 0.4) is 0 Å². The van der Waals surface area contributed by atoms with Crippen molar-refractivity contribution in [2.75, 3.05) is 49.6 Å². The van der Waals surface area contributed by atoms with Crippen LogP contribution in [0.1, 0.15) is 58.0 Å². The van der Waals surface area contributed by atoms with Crippen molar-refractivity contribution in [3.8, 4) is 6.01 Å². The van der Waals surface area contributed by atoms with Gasteiger partial charge >= 0.3 is 6.01 Å². The summed E-state index contributed by atoms with van der Waals surface area (Å²) < 4.78 is 22.9. The van der Waals surface area contributed by atoms with Gasteiger partial charge in [0.15, 0.2) is 5.82 Å². The quantitative estimate of drug-likeness (QED) is 0.422. The number of likely N-dealkylation sites (tertiary alicyclic amines) is 1. The second-order valence-corrected chi connectivity index (χ2v) is 12.1. The number of fused-ring (bicyclic) bond motifs is 4. The first kappa shape index (κ1) is 26.0. The molecule has 2 aromatic carbocycles. The van der Waals surface area contributed by atoms with E-state index in [1.165, 1.54) is 42.5 Å². The molecule has 3 aromatic rings. The second kappa shape index (κ2) is 10.8. The van der Waals surface area contributed by atoms with Gasteiger partial charge in [-0.05, 0) is 88.2 Å². The molecule has 4 aliphatic heterocycles. The fourth-order valence-corrected chi connectivity index (χ4v) is 7.49. The van der Waals surface area contributed by atoms with Crippen molar-refractivity contribution >= 4 is 28.1 Å². The summed E-state index contributed by atoms with van der Waals surface area (Å²) in [5.41, 5.74) is 4.68. The molecule has 0 aliphatic carbocycles. The van der Waals surface area contributed by atoms with Crippen LogP contribution >= 0.6 is 0 Å². The molecule has 40 heavy (non-hydrogen) atoms. The van der Waals surface area contributed by atoms with Gasteiger partial charge in [0.1, 0.15) is 11.3 Å². The summed E-state index contributed by atoms with van der Waals surface area (Å²) in [6, 6.07) is 12.2. The van der Waals surface area contributed by atoms with Crippen molar-refractivity contribution in [2.24, 2.45) is 0 Å². The molecule has 5 heterocycles. The molecule has 8 heteroatoms. The van der Waals surface area contributed by atoms with Gasteiger partial charge in [0, 0.05) is 50.3 Å². The lowest BCUT2D eigenvalue weighted by Gasteiger charge is -2.35. The van der Waals surface area contributed by atoms with Crippen LogP contribution in [-0.4, -0.2) is 72.8 Å². The van der Waals surface area contributed by atoms with Crippen LogP contribution in [0.25, 0.3) is 10.9 Å². The fourth-order valence-electron chi connectivity index (χ4n) is 7.49. The first-order valence-electron chi connectivity index (χ1n) is 15.3. The normalized spacial score (nSPS) is 24.6. The molecule has 4 aliphatic rings. The van der Waals surface area contributed by atoms with E-state index in [1.54, 1.807) is 0 Å². The smallest absolute Gasteiger partial charge is 0.319 e. The van der Waals surface area contributed by atoms with Crippen molar-refractivity contribution in [1.82, 2.24) is 20.2 Å². The predicted octanol–water partition coefficient (Wildman–Crippen LogP) is 5.47. The standard InChI is InChI=1S/C32H41FN6O.H2/c1-3-21-7-4-8-22-9-5-17-39(30(21)22)27-14-13-26-29(28(27)33)35-32(40-18-15-25-10-6-16-37(25)2)36-31(26)38-19-23-11-12-24(20-38)34-23;/h4,7-8,13-14,23-25,34H,3,5-6,9-12,15-20H2,1-2H3;1H/t23?,24?,25-;/m0./s1. The van der Waals surface area contributed by atoms with Crippen LogP contribution < -0.4 is 19.9 Å². The van der Waals surface area contributed by atoms with E-state index in [2.05, 4.69) is 52.2 Å². The first-order chi connectivity index (χ1) is 19.6. The molecule has 214 valence electrons. The lowest BCUT2D eigenvalue weighted by molar-refractivity contribution is 0.223. The van der Waals surface area contributed by atoms with E-state index in [9.17, 15) is 0 Å². The Morgan fingerprint density at radius 1 is 1.05 bits per heavy atom. The van der Waals surface area contributed by atoms with E-state index in [0.29, 0.717) is 41.9 Å². The zero-order valence-electron chi connectivity index (χ0n) is 23.8. The third-order valence-corrected chi connectivity index (χ3v) is 9.59. The summed E-state index contributed by atoms with van der Waals surface area (Å²) in [5, 5.41) is 4.47. The van der Waals surface area contributed by atoms with Crippen molar-refractivity contribution in [3.63, 3.8) is 0 Å². The maximum atomic E-state index is 16.7. The van der Waals surface area contributed by atoms with Crippen LogP contribution in [0.5, 0.6) is 6.01 Å². The SMILES string of the molecule is CCc1cccc2c1N(c1ccc3c(N4CC5CCC(C4)N5)nc(OCC[C@@H]4CCCN4C)nc3c1F)CCC2.[HH]. The largest absolute Gasteiger partial charge is 0.463 e. The number of nitrogens with zero attached hydrogens (tertiary/aromatic N) is 5. The summed E-state index contributed by atoms with van der Waals surface area (Å²) in [4.78, 5) is 16.6. The Kier molecular flexibility index (Phi) is 7.00. The molecule has 0 amide bonds. The van der Waals surface area contributed by atoms with Crippen molar-refractivity contribution in [3.05, 3.63) is 47.3 Å². The van der Waals surface area contributed by atoms with Gasteiger partial charge in [0.2, 0.25) is 0 Å². The summed E-state index contributed by atoms with van der Waals surface area (Å²) in [6.45, 7) is 6.39. The minimum absolute atomic E-state index is 0. The number of rotatable bonds is 7. The molecule has 2 bridgehead atoms. The van der Waals surface area contributed by atoms with Crippen LogP contribution in [0, 0.1) is 5.82 Å². The molecule has 0 saturated carbocycles. The number of ether oxygens (including phenoxy) is 1. The number of hydrogen-bond acceptors (Lipinski definition) is 7. The minimum Gasteiger partial charge on any atom is -0.463 e. The zero-order valence-corrected chi connectivity index (χ0v) is 23.8. The molecule has 7 rings (SSSR count). The number of benzene rings is 2. The molecule has 3 atom stereocenters. The predicted molar refractivity (Wildman–Crippen MR) is 161 cm³/mol. The van der Waals surface area contributed by atoms with Crippen molar-refractivity contribution < 1.29 is 10.6 Å². The molecular formula is C32H43FN6O. The van der Waals surface area contributed by atoms with Gasteiger partial charge in [0.25, 0.3) is 0 Å². The maximum absolute atomic E-state index is 16.7. The highest BCUT2D eigenvalue weighted by molar-refractivity contribution is 5.93. The number of aryl methyl sites for hydroxylation is 2. The molecular weight excluding hydrogens is 503 g/mol. The molecule has 3 fully saturated rings. The zero-order chi connectivity index (χ0) is 27.2. The summed E-state index contributed by atoms with van der Waals surface area (Å²) in [7, 11) is 2.18. The fraction of sp³-hybridized carbons (Fsp3) is 0.562. The number of aromatic nitrogens is 2. The first-order valence-corrected chi connectivity index (χ1v) is 15.3. The topological polar surface area (TPSA) is 56.8 Å². The Bertz CT molecular complexity index is 1380. The van der Waals surface area contributed by atoms with Gasteiger partial charge in [-0.25, -0.2) is 4.39 Å². The summed E-state index contributed by atoms with van der Waals surface area (Å²) in [6.07, 6.45) is 8.66. The number of halogens is 1. The molecule has 0 radical (unpaired) electrons. The Balaban J connectivity index is 0.00000302. The van der Waals surface area contributed by atoms with Crippen LogP contribution in [0.15, 0.2) is 30.3 Å². The minimum atomic E-state index is -0.279. The third-order valence-electron chi connectivity index (χ3n) is 9.59. The highest BCUT2D eigenvalue weighted by Crippen LogP contribution is 2.41. The van der Waals surface area contributed by atoms with E-state index in [4.69, 9.17) is 14.7 Å². The van der Waals surface area contributed by atoms with Gasteiger partial charge in [-0.15, -0.1) is 0 Å². The maximum Gasteiger partial charge on any atom is 0.319 e. The highest BCUT2D eigenvalue weighted by atomic mass is 19.1. The average Bonchev–Trinajstić information content (AvgIpc) is 3.55. The van der Waals surface area contributed by atoms with Gasteiger partial charge in [0.05, 0.1) is 12.3 Å². The van der Waals surface area contributed by atoms with E-state index >= 15 is 4.39 Å². The lowest BCUT2D eigenvalue weighted by Crippen LogP contribution is -2.51. The third kappa shape index (κ3) is 4.69. The Hall–Kier alpha value is -2.97. The number of hydrogen-bond donors (Lipinski definition) is 1. The van der Waals surface area contributed by atoms with Gasteiger partial charge < -0.3 is 24.8 Å². The second-order valence-electron chi connectivity index (χ2n) is 12.1. The molecule has 1 N–H and O–H groups in total. The monoisotopic (exact) mass is 546 g/mol. The van der Waals surface area contributed by atoms with Gasteiger partial charge in [-0.2, -0.15) is 9.97 Å². The van der Waals surface area contributed by atoms with Gasteiger partial charge in [-0.3, -0.25) is 0 Å². The van der Waals surface area contributed by atoms with Crippen LogP contribution in [0.4, 0.5) is 21.6 Å². The molecule has 0 spiro atoms. The Morgan fingerprint density at radius 3 is 2.67 bits per heavy atom. The van der Waals surface area contributed by atoms with Crippen LogP contribution in [0.2, 0.25) is 0 Å². The number of nitrogens with one attached hydrogen (secondary N) is 1. The Morgan fingerprint density at radius 2 is 1.90 bits per heavy atom. The summed E-state index contributed by atoms with van der Waals surface area (Å²) >= 11 is 0. The van der Waals surface area contributed by atoms with E-state index in [-0.39, 0.29) is 7.24 Å². The van der Waals surface area contributed by atoms with Gasteiger partial charge in [-0.1, -0.05) is 25.1 Å². The number of piperazine rings is 1. The lowest BCUT2D eigenvalue weighted by atomic mass is 9.95. The summed E-state index contributed by atoms with van der Waals surface area (Å²) in [5.74, 6) is 0.522. The Labute approximate surface area is 238 Å².